The van der Waals surface area contributed by atoms with Crippen LogP contribution in [0.4, 0.5) is 0 Å². The van der Waals surface area contributed by atoms with Crippen molar-refractivity contribution >= 4 is 22.6 Å². The Morgan fingerprint density at radius 2 is 1.90 bits per heavy atom. The van der Waals surface area contributed by atoms with Crippen molar-refractivity contribution in [3.8, 4) is 5.75 Å². The molecule has 3 aromatic carbocycles. The molecule has 3 aromatic rings. The first-order valence-electron chi connectivity index (χ1n) is 10.3. The van der Waals surface area contributed by atoms with Crippen LogP contribution in [0.25, 0.3) is 10.8 Å². The number of benzene rings is 3. The maximum atomic E-state index is 10.6. The van der Waals surface area contributed by atoms with Crippen LogP contribution in [0.5, 0.6) is 5.75 Å². The Bertz CT molecular complexity index is 1110. The number of rotatable bonds is 6. The van der Waals surface area contributed by atoms with E-state index in [4.69, 9.17) is 14.8 Å². The summed E-state index contributed by atoms with van der Waals surface area (Å²) < 4.78 is 5.21. The number of allylic oxidation sites excluding steroid dienone is 1. The van der Waals surface area contributed by atoms with Gasteiger partial charge >= 0.3 is 5.97 Å². The van der Waals surface area contributed by atoms with Gasteiger partial charge in [0, 0.05) is 0 Å². The molecule has 0 amide bonds. The number of carboxylic acid groups (broad SMARTS) is 1. The number of carboxylic acids is 1. The smallest absolute Gasteiger partial charge is 0.341 e. The van der Waals surface area contributed by atoms with Gasteiger partial charge in [0.15, 0.2) is 6.61 Å². The van der Waals surface area contributed by atoms with Crippen LogP contribution in [0.1, 0.15) is 49.3 Å². The quantitative estimate of drug-likeness (QED) is 0.523. The van der Waals surface area contributed by atoms with Crippen molar-refractivity contribution in [1.29, 1.82) is 0 Å². The van der Waals surface area contributed by atoms with E-state index in [1.165, 1.54) is 27.5 Å². The van der Waals surface area contributed by atoms with Crippen LogP contribution in [0.2, 0.25) is 0 Å². The van der Waals surface area contributed by atoms with Crippen molar-refractivity contribution in [2.45, 2.75) is 38.1 Å². The van der Waals surface area contributed by atoms with Gasteiger partial charge in [-0.05, 0) is 77.6 Å². The third-order valence-electron chi connectivity index (χ3n) is 5.69. The zero-order chi connectivity index (χ0) is 20.9. The van der Waals surface area contributed by atoms with Crippen LogP contribution >= 0.6 is 0 Å². The molecule has 1 unspecified atom stereocenters. The summed E-state index contributed by atoms with van der Waals surface area (Å²) in [6.45, 7) is 1.80. The Morgan fingerprint density at radius 3 is 2.70 bits per heavy atom. The molecule has 1 aliphatic rings. The average molecular weight is 399 g/mol. The zero-order valence-corrected chi connectivity index (χ0v) is 17.0. The highest BCUT2D eigenvalue weighted by atomic mass is 16.5. The summed E-state index contributed by atoms with van der Waals surface area (Å²) in [5.41, 5.74) is 3.74. The van der Waals surface area contributed by atoms with E-state index in [-0.39, 0.29) is 12.6 Å². The lowest BCUT2D eigenvalue weighted by molar-refractivity contribution is -0.139. The Balaban J connectivity index is 1.44. The predicted molar refractivity (Wildman–Crippen MR) is 119 cm³/mol. The maximum absolute atomic E-state index is 10.6. The first-order chi connectivity index (χ1) is 14.6. The van der Waals surface area contributed by atoms with Gasteiger partial charge in [-0.2, -0.15) is 0 Å². The topological polar surface area (TPSA) is 58.9 Å². The number of nitrogens with zero attached hydrogens (tertiary/aromatic N) is 1. The molecular formula is C26H25NO3. The molecule has 0 heterocycles. The summed E-state index contributed by atoms with van der Waals surface area (Å²) in [6.07, 6.45) is 3.05. The van der Waals surface area contributed by atoms with Crippen molar-refractivity contribution in [2.75, 3.05) is 6.61 Å². The summed E-state index contributed by atoms with van der Waals surface area (Å²) in [5, 5.41) is 11.2. The fourth-order valence-corrected chi connectivity index (χ4v) is 4.09. The third-order valence-corrected chi connectivity index (χ3v) is 5.69. The minimum absolute atomic E-state index is 0.0633. The Morgan fingerprint density at radius 1 is 1.13 bits per heavy atom. The molecule has 0 aromatic heterocycles. The number of aliphatic imine (C=N–C) groups is 1. The molecule has 30 heavy (non-hydrogen) atoms. The molecule has 1 fully saturated rings. The van der Waals surface area contributed by atoms with E-state index in [2.05, 4.69) is 55.3 Å². The van der Waals surface area contributed by atoms with Crippen LogP contribution in [-0.2, 0) is 4.79 Å². The summed E-state index contributed by atoms with van der Waals surface area (Å²) in [6, 6.07) is 22.6. The molecule has 4 rings (SSSR count). The molecule has 4 heteroatoms. The molecule has 0 saturated heterocycles. The van der Waals surface area contributed by atoms with Gasteiger partial charge in [0.25, 0.3) is 0 Å². The zero-order valence-electron chi connectivity index (χ0n) is 17.0. The molecule has 1 aliphatic carbocycles. The Hall–Kier alpha value is -3.36. The lowest BCUT2D eigenvalue weighted by Gasteiger charge is -2.10. The van der Waals surface area contributed by atoms with Crippen molar-refractivity contribution in [1.82, 2.24) is 0 Å². The van der Waals surface area contributed by atoms with Gasteiger partial charge in [0.1, 0.15) is 5.75 Å². The summed E-state index contributed by atoms with van der Waals surface area (Å²) >= 11 is 0. The molecule has 2 atom stereocenters. The van der Waals surface area contributed by atoms with Crippen molar-refractivity contribution in [2.24, 2.45) is 4.99 Å². The lowest BCUT2D eigenvalue weighted by atomic mass is 9.97. The minimum atomic E-state index is -0.971. The fourth-order valence-electron chi connectivity index (χ4n) is 4.09. The maximum Gasteiger partial charge on any atom is 0.341 e. The summed E-state index contributed by atoms with van der Waals surface area (Å²) in [5.74, 6) is 3.40. The lowest BCUT2D eigenvalue weighted by Crippen LogP contribution is -2.09. The van der Waals surface area contributed by atoms with E-state index >= 15 is 0 Å². The van der Waals surface area contributed by atoms with E-state index in [0.29, 0.717) is 11.7 Å². The van der Waals surface area contributed by atoms with Crippen LogP contribution < -0.4 is 4.74 Å². The number of aliphatic carboxylic acids is 1. The number of hydrogen-bond acceptors (Lipinski definition) is 3. The van der Waals surface area contributed by atoms with Crippen molar-refractivity contribution in [3.05, 3.63) is 83.4 Å². The van der Waals surface area contributed by atoms with E-state index in [1.807, 2.05) is 24.3 Å². The first-order valence-corrected chi connectivity index (χ1v) is 10.3. The third kappa shape index (κ3) is 4.61. The van der Waals surface area contributed by atoms with Gasteiger partial charge in [-0.15, -0.1) is 0 Å². The molecular weight excluding hydrogens is 374 g/mol. The number of ether oxygens (including phenoxy) is 1. The Labute approximate surface area is 176 Å². The average Bonchev–Trinajstić information content (AvgIpc) is 3.25. The van der Waals surface area contributed by atoms with Crippen LogP contribution in [0.3, 0.4) is 0 Å². The first kappa shape index (κ1) is 19.9. The molecule has 0 spiro atoms. The van der Waals surface area contributed by atoms with Gasteiger partial charge in [0.2, 0.25) is 0 Å². The van der Waals surface area contributed by atoms with Crippen LogP contribution in [0, 0.1) is 0 Å². The van der Waals surface area contributed by atoms with Gasteiger partial charge < -0.3 is 9.84 Å². The van der Waals surface area contributed by atoms with E-state index in [9.17, 15) is 4.79 Å². The number of fused-ring (bicyclic) bond motifs is 1. The molecule has 152 valence electrons. The molecule has 1 N–H and O–H groups in total. The summed E-state index contributed by atoms with van der Waals surface area (Å²) in [4.78, 5) is 15.4. The van der Waals surface area contributed by atoms with Crippen molar-refractivity contribution < 1.29 is 14.6 Å². The van der Waals surface area contributed by atoms with Gasteiger partial charge in [0.05, 0.1) is 6.04 Å². The minimum Gasteiger partial charge on any atom is -0.482 e. The van der Waals surface area contributed by atoms with Crippen LogP contribution in [-0.4, -0.2) is 23.6 Å². The largest absolute Gasteiger partial charge is 0.482 e. The fraction of sp³-hybridized carbons (Fsp3) is 0.269. The van der Waals surface area contributed by atoms with Gasteiger partial charge in [-0.3, -0.25) is 0 Å². The molecule has 0 aliphatic heterocycles. The molecule has 1 saturated carbocycles. The van der Waals surface area contributed by atoms with E-state index in [0.717, 1.165) is 19.3 Å². The highest BCUT2D eigenvalue weighted by Gasteiger charge is 2.21. The number of carbonyl (C=O) groups is 1. The van der Waals surface area contributed by atoms with E-state index in [1.54, 1.807) is 0 Å². The van der Waals surface area contributed by atoms with Gasteiger partial charge in [-0.1, -0.05) is 54.6 Å². The number of hydrogen-bond donors (Lipinski definition) is 1. The molecule has 0 radical (unpaired) electrons. The highest BCUT2D eigenvalue weighted by Crippen LogP contribution is 2.37. The molecule has 0 bridgehead atoms. The van der Waals surface area contributed by atoms with Gasteiger partial charge in [-0.25, -0.2) is 9.79 Å². The second kappa shape index (κ2) is 8.98. The highest BCUT2D eigenvalue weighted by molar-refractivity contribution is 5.86. The monoisotopic (exact) mass is 399 g/mol. The normalized spacial score (nSPS) is 16.8. The standard InChI is InChI=1S/C26H25NO3/c1-18(24-8-4-6-21-5-2-3-7-25(21)24)27-16-19-9-10-22(15-19)20-11-13-23(14-12-20)30-17-26(28)29/h2-8,11-14,18,22H,9-10,15,17H2,1H3,(H,28,29)/t18-,22?/m1/s1. The molecule has 4 nitrogen and oxygen atoms in total. The SMILES string of the molecule is C[C@@H](N=C=C1CCC(c2ccc(OCC(=O)O)cc2)C1)c1cccc2ccccc12. The second-order valence-electron chi connectivity index (χ2n) is 7.78. The van der Waals surface area contributed by atoms with Crippen LogP contribution in [0.15, 0.2) is 77.3 Å². The second-order valence-corrected chi connectivity index (χ2v) is 7.78. The summed E-state index contributed by atoms with van der Waals surface area (Å²) in [7, 11) is 0. The predicted octanol–water partition coefficient (Wildman–Crippen LogP) is 5.93. The Kier molecular flexibility index (Phi) is 5.97. The van der Waals surface area contributed by atoms with Crippen molar-refractivity contribution in [3.63, 3.8) is 0 Å². The van der Waals surface area contributed by atoms with E-state index < -0.39 is 5.97 Å².